The van der Waals surface area contributed by atoms with Gasteiger partial charge < -0.3 is 10.2 Å². The molecule has 7 nitrogen and oxygen atoms in total. The predicted molar refractivity (Wildman–Crippen MR) is 142 cm³/mol. The van der Waals surface area contributed by atoms with Crippen molar-refractivity contribution in [2.45, 2.75) is 50.7 Å². The third kappa shape index (κ3) is 6.95. The Bertz CT molecular complexity index is 1350. The lowest BCUT2D eigenvalue weighted by atomic mass is 10.1. The number of carbonyl (C=O) groups excluding carboxylic acids is 2. The third-order valence-electron chi connectivity index (χ3n) is 6.19. The molecule has 0 aliphatic rings. The van der Waals surface area contributed by atoms with Gasteiger partial charge in [-0.3, -0.25) is 13.9 Å². The number of carbonyl (C=O) groups is 2. The number of nitrogens with zero attached hydrogens (tertiary/aromatic N) is 2. The van der Waals surface area contributed by atoms with Gasteiger partial charge in [0.2, 0.25) is 11.8 Å². The van der Waals surface area contributed by atoms with Crippen LogP contribution < -0.4 is 9.62 Å². The quantitative estimate of drug-likeness (QED) is 0.386. The first-order valence-electron chi connectivity index (χ1n) is 12.2. The van der Waals surface area contributed by atoms with E-state index in [2.05, 4.69) is 5.32 Å². The molecule has 10 heteroatoms. The first kappa shape index (κ1) is 28.8. The second-order valence-electron chi connectivity index (χ2n) is 8.91. The van der Waals surface area contributed by atoms with Crippen LogP contribution in [0.1, 0.15) is 32.8 Å². The van der Waals surface area contributed by atoms with Crippen LogP contribution in [-0.4, -0.2) is 43.8 Å². The van der Waals surface area contributed by atoms with Gasteiger partial charge in [-0.25, -0.2) is 17.2 Å². The van der Waals surface area contributed by atoms with Gasteiger partial charge in [0.1, 0.15) is 24.2 Å². The molecule has 3 aromatic rings. The van der Waals surface area contributed by atoms with Gasteiger partial charge >= 0.3 is 0 Å². The number of amides is 2. The van der Waals surface area contributed by atoms with Crippen LogP contribution in [0, 0.1) is 11.6 Å². The predicted octanol–water partition coefficient (Wildman–Crippen LogP) is 4.49. The summed E-state index contributed by atoms with van der Waals surface area (Å²) in [6.45, 7) is 4.31. The van der Waals surface area contributed by atoms with E-state index in [1.54, 1.807) is 24.3 Å². The van der Waals surface area contributed by atoms with E-state index in [0.29, 0.717) is 6.42 Å². The number of benzene rings is 3. The van der Waals surface area contributed by atoms with Crippen LogP contribution in [0.4, 0.5) is 14.5 Å². The topological polar surface area (TPSA) is 86.8 Å². The molecule has 0 aromatic heterocycles. The summed E-state index contributed by atoms with van der Waals surface area (Å²) in [4.78, 5) is 27.7. The van der Waals surface area contributed by atoms with E-state index in [1.807, 2.05) is 13.8 Å². The Morgan fingerprint density at radius 2 is 1.50 bits per heavy atom. The van der Waals surface area contributed by atoms with Gasteiger partial charge in [0, 0.05) is 18.2 Å². The third-order valence-corrected chi connectivity index (χ3v) is 7.98. The van der Waals surface area contributed by atoms with Crippen molar-refractivity contribution < 1.29 is 26.8 Å². The summed E-state index contributed by atoms with van der Waals surface area (Å²) in [7, 11) is -4.30. The summed E-state index contributed by atoms with van der Waals surface area (Å²) in [5, 5.41) is 2.82. The molecule has 0 heterocycles. The van der Waals surface area contributed by atoms with E-state index >= 15 is 0 Å². The smallest absolute Gasteiger partial charge is 0.264 e. The first-order chi connectivity index (χ1) is 18.0. The summed E-state index contributed by atoms with van der Waals surface area (Å²) in [6, 6.07) is 16.9. The highest BCUT2D eigenvalue weighted by molar-refractivity contribution is 7.92. The second kappa shape index (κ2) is 12.6. The zero-order valence-corrected chi connectivity index (χ0v) is 22.3. The van der Waals surface area contributed by atoms with Gasteiger partial charge in [-0.05, 0) is 62.7 Å². The molecule has 0 fully saturated rings. The molecular weight excluding hydrogens is 512 g/mol. The van der Waals surface area contributed by atoms with Crippen LogP contribution in [0.2, 0.25) is 0 Å². The second-order valence-corrected chi connectivity index (χ2v) is 10.8. The molecule has 1 N–H and O–H groups in total. The van der Waals surface area contributed by atoms with Gasteiger partial charge in [-0.1, -0.05) is 43.3 Å². The fourth-order valence-electron chi connectivity index (χ4n) is 3.72. The average Bonchev–Trinajstić information content (AvgIpc) is 2.91. The number of hydrogen-bond acceptors (Lipinski definition) is 4. The largest absolute Gasteiger partial charge is 0.352 e. The molecule has 3 aromatic carbocycles. The minimum Gasteiger partial charge on any atom is -0.352 e. The van der Waals surface area contributed by atoms with Crippen LogP contribution in [0.5, 0.6) is 0 Å². The van der Waals surface area contributed by atoms with Crippen LogP contribution in [-0.2, 0) is 26.2 Å². The van der Waals surface area contributed by atoms with E-state index in [9.17, 15) is 26.8 Å². The number of nitrogens with one attached hydrogen (secondary N) is 1. The van der Waals surface area contributed by atoms with Crippen molar-refractivity contribution in [1.82, 2.24) is 10.2 Å². The molecule has 202 valence electrons. The highest BCUT2D eigenvalue weighted by Gasteiger charge is 2.33. The molecule has 0 unspecified atom stereocenters. The summed E-state index contributed by atoms with van der Waals surface area (Å²) >= 11 is 0. The van der Waals surface area contributed by atoms with Crippen LogP contribution in [0.15, 0.2) is 83.8 Å². The lowest BCUT2D eigenvalue weighted by Gasteiger charge is -2.32. The molecule has 38 heavy (non-hydrogen) atoms. The van der Waals surface area contributed by atoms with Crippen molar-refractivity contribution in [3.05, 3.63) is 96.1 Å². The number of hydrogen-bond donors (Lipinski definition) is 1. The van der Waals surface area contributed by atoms with Crippen LogP contribution in [0.25, 0.3) is 0 Å². The van der Waals surface area contributed by atoms with Crippen molar-refractivity contribution in [2.24, 2.45) is 0 Å². The zero-order chi connectivity index (χ0) is 27.9. The maximum Gasteiger partial charge on any atom is 0.264 e. The van der Waals surface area contributed by atoms with E-state index in [1.165, 1.54) is 37.3 Å². The van der Waals surface area contributed by atoms with Crippen molar-refractivity contribution in [1.29, 1.82) is 0 Å². The Balaban J connectivity index is 2.01. The standard InChI is InChI=1S/C28H31F2N3O4S/c1-4-20(2)31-28(35)21(3)32(18-22-10-8-9-13-26(22)30)27(34)19-33(24-11-6-5-7-12-24)38(36,37)25-16-14-23(29)15-17-25/h5-17,20-21H,4,18-19H2,1-3H3,(H,31,35)/t20-,21+/m1/s1. The van der Waals surface area contributed by atoms with Crippen molar-refractivity contribution in [3.63, 3.8) is 0 Å². The van der Waals surface area contributed by atoms with Crippen molar-refractivity contribution >= 4 is 27.5 Å². The Labute approximate surface area is 222 Å². The van der Waals surface area contributed by atoms with Gasteiger partial charge in [-0.2, -0.15) is 0 Å². The number of halogens is 2. The summed E-state index contributed by atoms with van der Waals surface area (Å²) in [5.74, 6) is -2.33. The van der Waals surface area contributed by atoms with Crippen molar-refractivity contribution in [2.75, 3.05) is 10.8 Å². The molecule has 0 spiro atoms. The molecule has 0 aliphatic carbocycles. The summed E-state index contributed by atoms with van der Waals surface area (Å²) in [6.07, 6.45) is 0.664. The Kier molecular flexibility index (Phi) is 9.57. The Hall–Kier alpha value is -3.79. The molecule has 2 atom stereocenters. The minimum absolute atomic E-state index is 0.157. The number of rotatable bonds is 11. The maximum absolute atomic E-state index is 14.5. The lowest BCUT2D eigenvalue weighted by molar-refractivity contribution is -0.139. The highest BCUT2D eigenvalue weighted by atomic mass is 32.2. The van der Waals surface area contributed by atoms with E-state index < -0.39 is 46.1 Å². The van der Waals surface area contributed by atoms with Crippen LogP contribution >= 0.6 is 0 Å². The fourth-order valence-corrected chi connectivity index (χ4v) is 5.13. The number of para-hydroxylation sites is 1. The molecule has 0 radical (unpaired) electrons. The number of sulfonamides is 1. The van der Waals surface area contributed by atoms with Gasteiger partial charge in [0.15, 0.2) is 0 Å². The maximum atomic E-state index is 14.5. The monoisotopic (exact) mass is 543 g/mol. The Morgan fingerprint density at radius 3 is 2.11 bits per heavy atom. The van der Waals surface area contributed by atoms with E-state index in [-0.39, 0.29) is 28.7 Å². The van der Waals surface area contributed by atoms with Crippen LogP contribution in [0.3, 0.4) is 0 Å². The average molecular weight is 544 g/mol. The van der Waals surface area contributed by atoms with Gasteiger partial charge in [0.05, 0.1) is 10.6 Å². The molecular formula is C28H31F2N3O4S. The SMILES string of the molecule is CC[C@@H](C)NC(=O)[C@H](C)N(Cc1ccccc1F)C(=O)CN(c1ccccc1)S(=O)(=O)c1ccc(F)cc1. The first-order valence-corrected chi connectivity index (χ1v) is 13.6. The summed E-state index contributed by atoms with van der Waals surface area (Å²) < 4.78 is 56.1. The number of anilines is 1. The fraction of sp³-hybridized carbons (Fsp3) is 0.286. The molecule has 2 amide bonds. The molecule has 0 saturated heterocycles. The minimum atomic E-state index is -4.30. The molecule has 0 bridgehead atoms. The van der Waals surface area contributed by atoms with E-state index in [0.717, 1.165) is 33.5 Å². The zero-order valence-electron chi connectivity index (χ0n) is 21.5. The molecule has 0 aliphatic heterocycles. The summed E-state index contributed by atoms with van der Waals surface area (Å²) in [5.41, 5.74) is 0.379. The normalized spacial score (nSPS) is 12.9. The van der Waals surface area contributed by atoms with E-state index in [4.69, 9.17) is 0 Å². The lowest BCUT2D eigenvalue weighted by Crippen LogP contribution is -2.52. The molecule has 3 rings (SSSR count). The van der Waals surface area contributed by atoms with Gasteiger partial charge in [0.25, 0.3) is 10.0 Å². The van der Waals surface area contributed by atoms with Crippen molar-refractivity contribution in [3.8, 4) is 0 Å². The highest BCUT2D eigenvalue weighted by Crippen LogP contribution is 2.25. The Morgan fingerprint density at radius 1 is 0.895 bits per heavy atom. The van der Waals surface area contributed by atoms with Gasteiger partial charge in [-0.15, -0.1) is 0 Å². The molecule has 0 saturated carbocycles.